The van der Waals surface area contributed by atoms with Crippen LogP contribution in [0.5, 0.6) is 0 Å². The van der Waals surface area contributed by atoms with Crippen molar-refractivity contribution in [3.05, 3.63) is 47.7 Å². The highest BCUT2D eigenvalue weighted by Gasteiger charge is 2.40. The summed E-state index contributed by atoms with van der Waals surface area (Å²) < 4.78 is 33.3. The molecule has 0 aliphatic carbocycles. The summed E-state index contributed by atoms with van der Waals surface area (Å²) in [5.41, 5.74) is 2.29. The summed E-state index contributed by atoms with van der Waals surface area (Å²) in [6.07, 6.45) is 7.06. The van der Waals surface area contributed by atoms with Gasteiger partial charge in [-0.2, -0.15) is 0 Å². The van der Waals surface area contributed by atoms with E-state index in [4.69, 9.17) is 4.74 Å². The standard InChI is InChI=1S/C22H25F2N5O2/c1-14(2)19-26-10-16(11-27-19)21(30)28-18-17(15-4-3-9-31-12-15)5-7-25-20(18)29-8-6-22(23,24)13-29/h4-5,7,10-11,14H,3,6,8-9,12-13H2,1-2H3,(H,28,30). The molecular weight excluding hydrogens is 404 g/mol. The van der Waals surface area contributed by atoms with E-state index in [1.165, 1.54) is 17.3 Å². The number of carbonyl (C=O) groups excluding carboxylic acids is 1. The van der Waals surface area contributed by atoms with Crippen molar-refractivity contribution in [2.24, 2.45) is 0 Å². The summed E-state index contributed by atoms with van der Waals surface area (Å²) in [5.74, 6) is -2.10. The average molecular weight is 429 g/mol. The minimum Gasteiger partial charge on any atom is -0.376 e. The Hall–Kier alpha value is -2.94. The largest absolute Gasteiger partial charge is 0.376 e. The van der Waals surface area contributed by atoms with Crippen molar-refractivity contribution in [2.75, 3.05) is 36.5 Å². The van der Waals surface area contributed by atoms with Crippen molar-refractivity contribution < 1.29 is 18.3 Å². The summed E-state index contributed by atoms with van der Waals surface area (Å²) in [4.78, 5) is 27.3. The van der Waals surface area contributed by atoms with E-state index < -0.39 is 18.4 Å². The molecule has 1 fully saturated rings. The maximum atomic E-state index is 13.9. The monoisotopic (exact) mass is 429 g/mol. The number of pyridine rings is 1. The number of nitrogens with one attached hydrogen (secondary N) is 1. The first-order valence-corrected chi connectivity index (χ1v) is 10.4. The van der Waals surface area contributed by atoms with Gasteiger partial charge in [0, 0.05) is 43.0 Å². The van der Waals surface area contributed by atoms with Crippen LogP contribution < -0.4 is 10.2 Å². The molecule has 0 bridgehead atoms. The van der Waals surface area contributed by atoms with E-state index in [0.717, 1.165) is 12.0 Å². The van der Waals surface area contributed by atoms with Crippen LogP contribution in [0.3, 0.4) is 0 Å². The van der Waals surface area contributed by atoms with Gasteiger partial charge in [0.15, 0.2) is 5.82 Å². The number of ether oxygens (including phenoxy) is 1. The topological polar surface area (TPSA) is 80.2 Å². The van der Waals surface area contributed by atoms with E-state index in [-0.39, 0.29) is 24.4 Å². The number of nitrogens with zero attached hydrogens (tertiary/aromatic N) is 4. The van der Waals surface area contributed by atoms with Gasteiger partial charge in [0.25, 0.3) is 11.8 Å². The van der Waals surface area contributed by atoms with Gasteiger partial charge in [-0.3, -0.25) is 4.79 Å². The van der Waals surface area contributed by atoms with Gasteiger partial charge in [0.2, 0.25) is 0 Å². The maximum absolute atomic E-state index is 13.9. The first-order valence-electron chi connectivity index (χ1n) is 10.4. The Morgan fingerprint density at radius 1 is 1.26 bits per heavy atom. The molecule has 0 radical (unpaired) electrons. The molecule has 0 saturated carbocycles. The molecule has 0 atom stereocenters. The van der Waals surface area contributed by atoms with E-state index in [1.807, 2.05) is 19.9 Å². The number of rotatable bonds is 5. The third-order valence-electron chi connectivity index (χ3n) is 5.35. The number of anilines is 2. The molecule has 2 aromatic heterocycles. The minimum atomic E-state index is -2.79. The SMILES string of the molecule is CC(C)c1ncc(C(=O)Nc2c(C3=CCCOC3)ccnc2N2CCC(F)(F)C2)cn1. The number of alkyl halides is 2. The van der Waals surface area contributed by atoms with Crippen molar-refractivity contribution in [3.8, 4) is 0 Å². The number of hydrogen-bond donors (Lipinski definition) is 1. The van der Waals surface area contributed by atoms with Crippen molar-refractivity contribution >= 4 is 23.0 Å². The first-order chi connectivity index (χ1) is 14.8. The summed E-state index contributed by atoms with van der Waals surface area (Å²) in [6, 6.07) is 1.77. The molecule has 0 aromatic carbocycles. The normalized spacial score (nSPS) is 18.2. The van der Waals surface area contributed by atoms with Gasteiger partial charge < -0.3 is 15.0 Å². The van der Waals surface area contributed by atoms with Gasteiger partial charge in [-0.05, 0) is 18.1 Å². The Morgan fingerprint density at radius 3 is 2.65 bits per heavy atom. The van der Waals surface area contributed by atoms with Gasteiger partial charge >= 0.3 is 0 Å². The third kappa shape index (κ3) is 4.71. The Balaban J connectivity index is 1.69. The second-order valence-electron chi connectivity index (χ2n) is 8.09. The fourth-order valence-electron chi connectivity index (χ4n) is 3.68. The van der Waals surface area contributed by atoms with E-state index in [1.54, 1.807) is 12.3 Å². The summed E-state index contributed by atoms with van der Waals surface area (Å²) in [5, 5.41) is 2.88. The molecule has 2 aliphatic rings. The highest BCUT2D eigenvalue weighted by atomic mass is 19.3. The van der Waals surface area contributed by atoms with Crippen LogP contribution in [0.4, 0.5) is 20.3 Å². The number of halogens is 2. The predicted octanol–water partition coefficient (Wildman–Crippen LogP) is 3.90. The van der Waals surface area contributed by atoms with Crippen molar-refractivity contribution in [2.45, 2.75) is 38.5 Å². The van der Waals surface area contributed by atoms with E-state index in [9.17, 15) is 13.6 Å². The number of amides is 1. The van der Waals surface area contributed by atoms with Crippen LogP contribution in [-0.2, 0) is 4.74 Å². The van der Waals surface area contributed by atoms with Crippen molar-refractivity contribution in [1.29, 1.82) is 0 Å². The minimum absolute atomic E-state index is 0.142. The van der Waals surface area contributed by atoms with Gasteiger partial charge in [0.05, 0.1) is 31.0 Å². The highest BCUT2D eigenvalue weighted by Crippen LogP contribution is 2.38. The van der Waals surface area contributed by atoms with Crippen molar-refractivity contribution in [3.63, 3.8) is 0 Å². The van der Waals surface area contributed by atoms with E-state index >= 15 is 0 Å². The lowest BCUT2D eigenvalue weighted by Crippen LogP contribution is -2.27. The van der Waals surface area contributed by atoms with Crippen LogP contribution in [0, 0.1) is 0 Å². The average Bonchev–Trinajstić information content (AvgIpc) is 3.14. The van der Waals surface area contributed by atoms with Crippen molar-refractivity contribution in [1.82, 2.24) is 15.0 Å². The maximum Gasteiger partial charge on any atom is 0.266 e. The predicted molar refractivity (Wildman–Crippen MR) is 114 cm³/mol. The Kier molecular flexibility index (Phi) is 5.95. The molecule has 0 unspecified atom stereocenters. The molecule has 7 nitrogen and oxygen atoms in total. The molecule has 2 aromatic rings. The molecule has 31 heavy (non-hydrogen) atoms. The molecule has 1 saturated heterocycles. The summed E-state index contributed by atoms with van der Waals surface area (Å²) in [6.45, 7) is 4.67. The number of carbonyl (C=O) groups is 1. The number of aromatic nitrogens is 3. The molecule has 1 N–H and O–H groups in total. The van der Waals surface area contributed by atoms with Crippen LogP contribution in [0.1, 0.15) is 54.4 Å². The van der Waals surface area contributed by atoms with Crippen LogP contribution >= 0.6 is 0 Å². The van der Waals surface area contributed by atoms with Crippen LogP contribution in [0.25, 0.3) is 5.57 Å². The van der Waals surface area contributed by atoms with Gasteiger partial charge in [0.1, 0.15) is 5.82 Å². The third-order valence-corrected chi connectivity index (χ3v) is 5.35. The second-order valence-corrected chi connectivity index (χ2v) is 8.09. The molecule has 0 spiro atoms. The lowest BCUT2D eigenvalue weighted by molar-refractivity contribution is 0.0257. The first kappa shape index (κ1) is 21.3. The smallest absolute Gasteiger partial charge is 0.266 e. The quantitative estimate of drug-likeness (QED) is 0.777. The number of hydrogen-bond acceptors (Lipinski definition) is 6. The van der Waals surface area contributed by atoms with Gasteiger partial charge in [-0.15, -0.1) is 0 Å². The second kappa shape index (κ2) is 8.66. The molecule has 2 aliphatic heterocycles. The Bertz CT molecular complexity index is 992. The zero-order valence-corrected chi connectivity index (χ0v) is 17.6. The summed E-state index contributed by atoms with van der Waals surface area (Å²) in [7, 11) is 0. The van der Waals surface area contributed by atoms with Crippen LogP contribution in [-0.4, -0.2) is 53.1 Å². The molecular formula is C22H25F2N5O2. The fourth-order valence-corrected chi connectivity index (χ4v) is 3.68. The molecule has 4 heterocycles. The van der Waals surface area contributed by atoms with Gasteiger partial charge in [-0.1, -0.05) is 19.9 Å². The van der Waals surface area contributed by atoms with Crippen LogP contribution in [0.15, 0.2) is 30.7 Å². The molecule has 4 rings (SSSR count). The zero-order valence-electron chi connectivity index (χ0n) is 17.6. The van der Waals surface area contributed by atoms with Crippen LogP contribution in [0.2, 0.25) is 0 Å². The highest BCUT2D eigenvalue weighted by molar-refractivity contribution is 6.07. The zero-order chi connectivity index (χ0) is 22.0. The van der Waals surface area contributed by atoms with E-state index in [0.29, 0.717) is 36.1 Å². The fraction of sp³-hybridized carbons (Fsp3) is 0.455. The molecule has 9 heteroatoms. The Labute approximate surface area is 179 Å². The lowest BCUT2D eigenvalue weighted by Gasteiger charge is -2.24. The van der Waals surface area contributed by atoms with E-state index in [2.05, 4.69) is 20.3 Å². The molecule has 164 valence electrons. The lowest BCUT2D eigenvalue weighted by atomic mass is 10.0. The summed E-state index contributed by atoms with van der Waals surface area (Å²) >= 11 is 0. The Morgan fingerprint density at radius 2 is 2.03 bits per heavy atom. The molecule has 1 amide bonds. The van der Waals surface area contributed by atoms with Gasteiger partial charge in [-0.25, -0.2) is 23.7 Å².